The molecule has 0 fully saturated rings. The van der Waals surface area contributed by atoms with Crippen LogP contribution in [0.5, 0.6) is 0 Å². The van der Waals surface area contributed by atoms with Gasteiger partial charge >= 0.3 is 0 Å². The van der Waals surface area contributed by atoms with Gasteiger partial charge in [-0.15, -0.1) is 0 Å². The molecule has 0 radical (unpaired) electrons. The van der Waals surface area contributed by atoms with Gasteiger partial charge in [-0.2, -0.15) is 0 Å². The van der Waals surface area contributed by atoms with Gasteiger partial charge in [0.15, 0.2) is 0 Å². The average Bonchev–Trinajstić information content (AvgIpc) is 2.41. The number of rotatable bonds is 3. The minimum Gasteiger partial charge on any atom is -0.545 e. The lowest BCUT2D eigenvalue weighted by Gasteiger charge is -2.09. The smallest absolute Gasteiger partial charge is 0.274 e. The molecule has 1 N–H and O–H groups in total. The number of carbonyl (C=O) groups is 2. The number of hydrogen-bond donors (Lipinski definition) is 1. The highest BCUT2D eigenvalue weighted by Gasteiger charge is 2.13. The van der Waals surface area contributed by atoms with Crippen LogP contribution in [0, 0.1) is 6.92 Å². The number of aryl methyl sites for hydroxylation is 1. The van der Waals surface area contributed by atoms with E-state index in [0.717, 1.165) is 5.56 Å². The summed E-state index contributed by atoms with van der Waals surface area (Å²) in [4.78, 5) is 26.6. The number of aromatic carboxylic acids is 1. The van der Waals surface area contributed by atoms with Crippen LogP contribution in [-0.2, 0) is 0 Å². The highest BCUT2D eigenvalue weighted by molar-refractivity contribution is 6.08. The fourth-order valence-corrected chi connectivity index (χ4v) is 1.58. The van der Waals surface area contributed by atoms with E-state index >= 15 is 0 Å². The molecule has 2 rings (SSSR count). The fourth-order valence-electron chi connectivity index (χ4n) is 1.58. The first kappa shape index (κ1) is 12.8. The van der Waals surface area contributed by atoms with E-state index in [1.165, 1.54) is 18.3 Å². The Balaban J connectivity index is 2.25. The van der Waals surface area contributed by atoms with Crippen LogP contribution in [0.2, 0.25) is 0 Å². The number of hydrogen-bond acceptors (Lipinski definition) is 4. The summed E-state index contributed by atoms with van der Waals surface area (Å²) in [6, 6.07) is 9.87. The maximum Gasteiger partial charge on any atom is 0.274 e. The van der Waals surface area contributed by atoms with Crippen molar-refractivity contribution in [2.75, 3.05) is 5.32 Å². The summed E-state index contributed by atoms with van der Waals surface area (Å²) < 4.78 is 0. The van der Waals surface area contributed by atoms with E-state index in [1.54, 1.807) is 12.1 Å². The van der Waals surface area contributed by atoms with Crippen molar-refractivity contribution in [2.24, 2.45) is 0 Å². The minimum atomic E-state index is -1.43. The van der Waals surface area contributed by atoms with Gasteiger partial charge in [0.25, 0.3) is 5.91 Å². The van der Waals surface area contributed by atoms with E-state index in [0.29, 0.717) is 5.69 Å². The highest BCUT2D eigenvalue weighted by atomic mass is 16.4. The first-order valence-corrected chi connectivity index (χ1v) is 5.62. The summed E-state index contributed by atoms with van der Waals surface area (Å²) in [6.45, 7) is 1.93. The van der Waals surface area contributed by atoms with Crippen LogP contribution in [0.25, 0.3) is 0 Å². The molecule has 1 amide bonds. The summed E-state index contributed by atoms with van der Waals surface area (Å²) in [6.07, 6.45) is 1.36. The number of nitrogens with one attached hydrogen (secondary N) is 1. The van der Waals surface area contributed by atoms with Crippen LogP contribution in [0.15, 0.2) is 42.6 Å². The van der Waals surface area contributed by atoms with E-state index in [2.05, 4.69) is 10.3 Å². The predicted octanol–water partition coefficient (Wildman–Crippen LogP) is 1.01. The van der Waals surface area contributed by atoms with Crippen LogP contribution >= 0.6 is 0 Å². The molecule has 0 atom stereocenters. The lowest BCUT2D eigenvalue weighted by Crippen LogP contribution is -2.27. The lowest BCUT2D eigenvalue weighted by molar-refractivity contribution is -0.255. The molecular weight excluding hydrogens is 244 g/mol. The zero-order valence-electron chi connectivity index (χ0n) is 10.2. The number of carbonyl (C=O) groups excluding carboxylic acids is 2. The summed E-state index contributed by atoms with van der Waals surface area (Å²) in [5, 5.41) is 13.5. The van der Waals surface area contributed by atoms with Gasteiger partial charge < -0.3 is 15.2 Å². The van der Waals surface area contributed by atoms with Gasteiger partial charge in [0.2, 0.25) is 0 Å². The molecule has 0 unspecified atom stereocenters. The molecule has 19 heavy (non-hydrogen) atoms. The minimum absolute atomic E-state index is 0.164. The molecule has 0 aliphatic heterocycles. The third-order valence-electron chi connectivity index (χ3n) is 2.55. The first-order chi connectivity index (χ1) is 9.08. The average molecular weight is 255 g/mol. The molecular formula is C14H11N2O3-. The predicted molar refractivity (Wildman–Crippen MR) is 67.7 cm³/mol. The van der Waals surface area contributed by atoms with E-state index in [1.807, 2.05) is 19.1 Å². The second-order valence-corrected chi connectivity index (χ2v) is 4.01. The second-order valence-electron chi connectivity index (χ2n) is 4.01. The van der Waals surface area contributed by atoms with Gasteiger partial charge in [0.1, 0.15) is 5.69 Å². The molecule has 0 saturated heterocycles. The van der Waals surface area contributed by atoms with Crippen molar-refractivity contribution in [1.82, 2.24) is 4.98 Å². The number of anilines is 1. The number of aromatic nitrogens is 1. The van der Waals surface area contributed by atoms with Crippen molar-refractivity contribution in [1.29, 1.82) is 0 Å². The molecule has 0 saturated carbocycles. The lowest BCUT2D eigenvalue weighted by atomic mass is 10.1. The van der Waals surface area contributed by atoms with Gasteiger partial charge in [-0.3, -0.25) is 9.78 Å². The molecule has 1 heterocycles. The summed E-state index contributed by atoms with van der Waals surface area (Å²) >= 11 is 0. The molecule has 0 bridgehead atoms. The molecule has 96 valence electrons. The van der Waals surface area contributed by atoms with Gasteiger partial charge in [0, 0.05) is 17.4 Å². The maximum atomic E-state index is 12.0. The first-order valence-electron chi connectivity index (χ1n) is 5.62. The van der Waals surface area contributed by atoms with Gasteiger partial charge in [-0.1, -0.05) is 17.7 Å². The molecule has 0 aliphatic rings. The van der Waals surface area contributed by atoms with Crippen LogP contribution in [-0.4, -0.2) is 16.9 Å². The summed E-state index contributed by atoms with van der Waals surface area (Å²) in [7, 11) is 0. The van der Waals surface area contributed by atoms with Crippen molar-refractivity contribution in [3.05, 3.63) is 59.4 Å². The Bertz CT molecular complexity index is 621. The SMILES string of the molecule is Cc1ccc(NC(=O)c2ncccc2C(=O)[O-])cc1. The number of amides is 1. The van der Waals surface area contributed by atoms with Crippen molar-refractivity contribution in [3.63, 3.8) is 0 Å². The highest BCUT2D eigenvalue weighted by Crippen LogP contribution is 2.11. The Hall–Kier alpha value is -2.69. The molecule has 2 aromatic rings. The van der Waals surface area contributed by atoms with Crippen molar-refractivity contribution in [2.45, 2.75) is 6.92 Å². The van der Waals surface area contributed by atoms with Gasteiger partial charge in [-0.05, 0) is 31.2 Å². The molecule has 5 nitrogen and oxygen atoms in total. The molecule has 5 heteroatoms. The van der Waals surface area contributed by atoms with E-state index in [9.17, 15) is 14.7 Å². The Kier molecular flexibility index (Phi) is 3.56. The summed E-state index contributed by atoms with van der Waals surface area (Å²) in [5.41, 5.74) is 1.24. The second kappa shape index (κ2) is 5.30. The number of carboxylic acids is 1. The van der Waals surface area contributed by atoms with E-state index in [4.69, 9.17) is 0 Å². The normalized spacial score (nSPS) is 9.95. The Morgan fingerprint density at radius 2 is 1.84 bits per heavy atom. The fraction of sp³-hybridized carbons (Fsp3) is 0.0714. The van der Waals surface area contributed by atoms with Crippen LogP contribution < -0.4 is 10.4 Å². The Labute approximate surface area is 109 Å². The number of benzene rings is 1. The van der Waals surface area contributed by atoms with Crippen LogP contribution in [0.3, 0.4) is 0 Å². The van der Waals surface area contributed by atoms with Crippen molar-refractivity contribution < 1.29 is 14.7 Å². The largest absolute Gasteiger partial charge is 0.545 e. The summed E-state index contributed by atoms with van der Waals surface area (Å²) in [5.74, 6) is -2.01. The van der Waals surface area contributed by atoms with Gasteiger partial charge in [0.05, 0.1) is 5.97 Å². The van der Waals surface area contributed by atoms with Crippen molar-refractivity contribution >= 4 is 17.6 Å². The molecule has 0 aliphatic carbocycles. The van der Waals surface area contributed by atoms with E-state index < -0.39 is 11.9 Å². The third kappa shape index (κ3) is 2.95. The topological polar surface area (TPSA) is 82.1 Å². The standard InChI is InChI=1S/C14H12N2O3/c1-9-4-6-10(7-5-9)16-13(17)12-11(14(18)19)3-2-8-15-12/h2-8H,1H3,(H,16,17)(H,18,19)/p-1. The zero-order valence-corrected chi connectivity index (χ0v) is 10.2. The number of carboxylic acid groups (broad SMARTS) is 1. The Morgan fingerprint density at radius 1 is 1.16 bits per heavy atom. The maximum absolute atomic E-state index is 12.0. The molecule has 1 aromatic carbocycles. The number of pyridine rings is 1. The zero-order chi connectivity index (χ0) is 13.8. The monoisotopic (exact) mass is 255 g/mol. The quantitative estimate of drug-likeness (QED) is 0.887. The molecule has 1 aromatic heterocycles. The van der Waals surface area contributed by atoms with Crippen molar-refractivity contribution in [3.8, 4) is 0 Å². The molecule has 0 spiro atoms. The number of nitrogens with zero attached hydrogens (tertiary/aromatic N) is 1. The van der Waals surface area contributed by atoms with Gasteiger partial charge in [-0.25, -0.2) is 0 Å². The third-order valence-corrected chi connectivity index (χ3v) is 2.55. The van der Waals surface area contributed by atoms with E-state index in [-0.39, 0.29) is 11.3 Å². The van der Waals surface area contributed by atoms with Crippen LogP contribution in [0.4, 0.5) is 5.69 Å². The van der Waals surface area contributed by atoms with Crippen LogP contribution in [0.1, 0.15) is 26.4 Å². The Morgan fingerprint density at radius 3 is 2.47 bits per heavy atom.